The SMILES string of the molecule is CC(NC(=O)CCl)C1CC2CCC1CC2. The molecule has 0 aliphatic heterocycles. The number of carbonyl (C=O) groups is 1. The van der Waals surface area contributed by atoms with Gasteiger partial charge in [-0.25, -0.2) is 0 Å². The molecule has 3 fully saturated rings. The Morgan fingerprint density at radius 1 is 1.40 bits per heavy atom. The van der Waals surface area contributed by atoms with Gasteiger partial charge in [-0.1, -0.05) is 12.8 Å². The fourth-order valence-corrected chi connectivity index (χ4v) is 3.52. The average Bonchev–Trinajstić information content (AvgIpc) is 2.30. The van der Waals surface area contributed by atoms with Gasteiger partial charge in [-0.05, 0) is 43.9 Å². The topological polar surface area (TPSA) is 29.1 Å². The van der Waals surface area contributed by atoms with Crippen LogP contribution in [0, 0.1) is 17.8 Å². The maximum absolute atomic E-state index is 11.2. The minimum Gasteiger partial charge on any atom is -0.352 e. The lowest BCUT2D eigenvalue weighted by Gasteiger charge is -2.45. The molecular weight excluding hydrogens is 210 g/mol. The van der Waals surface area contributed by atoms with Crippen molar-refractivity contribution in [2.45, 2.75) is 45.1 Å². The molecule has 0 saturated heterocycles. The zero-order valence-corrected chi connectivity index (χ0v) is 10.1. The molecule has 1 N–H and O–H groups in total. The van der Waals surface area contributed by atoms with Crippen LogP contribution in [0.15, 0.2) is 0 Å². The maximum Gasteiger partial charge on any atom is 0.235 e. The molecule has 0 spiro atoms. The molecule has 0 aromatic rings. The van der Waals surface area contributed by atoms with Gasteiger partial charge in [0.15, 0.2) is 0 Å². The van der Waals surface area contributed by atoms with E-state index in [0.717, 1.165) is 11.8 Å². The second kappa shape index (κ2) is 4.73. The molecule has 0 aromatic carbocycles. The highest BCUT2D eigenvalue weighted by Gasteiger charge is 2.38. The molecule has 86 valence electrons. The van der Waals surface area contributed by atoms with Gasteiger partial charge in [0.05, 0.1) is 0 Å². The maximum atomic E-state index is 11.2. The number of alkyl halides is 1. The lowest BCUT2D eigenvalue weighted by Crippen LogP contribution is -2.45. The Labute approximate surface area is 96.8 Å². The highest BCUT2D eigenvalue weighted by Crippen LogP contribution is 2.46. The number of carbonyl (C=O) groups excluding carboxylic acids is 1. The Morgan fingerprint density at radius 3 is 2.53 bits per heavy atom. The van der Waals surface area contributed by atoms with Crippen molar-refractivity contribution in [3.8, 4) is 0 Å². The van der Waals surface area contributed by atoms with Gasteiger partial charge < -0.3 is 5.32 Å². The third kappa shape index (κ3) is 2.47. The molecule has 3 aliphatic carbocycles. The summed E-state index contributed by atoms with van der Waals surface area (Å²) >= 11 is 5.50. The lowest BCUT2D eigenvalue weighted by molar-refractivity contribution is -0.120. The summed E-state index contributed by atoms with van der Waals surface area (Å²) in [7, 11) is 0. The Bertz CT molecular complexity index is 236. The van der Waals surface area contributed by atoms with Crippen LogP contribution in [0.25, 0.3) is 0 Å². The van der Waals surface area contributed by atoms with Gasteiger partial charge in [-0.3, -0.25) is 4.79 Å². The summed E-state index contributed by atoms with van der Waals surface area (Å²) < 4.78 is 0. The van der Waals surface area contributed by atoms with Crippen LogP contribution in [0.4, 0.5) is 0 Å². The number of halogens is 1. The number of nitrogens with one attached hydrogen (secondary N) is 1. The van der Waals surface area contributed by atoms with Gasteiger partial charge in [0.25, 0.3) is 0 Å². The molecule has 3 rings (SSSR count). The van der Waals surface area contributed by atoms with Gasteiger partial charge in [-0.2, -0.15) is 0 Å². The highest BCUT2D eigenvalue weighted by atomic mass is 35.5. The minimum absolute atomic E-state index is 0.0226. The van der Waals surface area contributed by atoms with Gasteiger partial charge >= 0.3 is 0 Å². The molecule has 2 nitrogen and oxygen atoms in total. The summed E-state index contributed by atoms with van der Waals surface area (Å²) in [6.07, 6.45) is 6.88. The van der Waals surface area contributed by atoms with E-state index >= 15 is 0 Å². The smallest absolute Gasteiger partial charge is 0.235 e. The monoisotopic (exact) mass is 229 g/mol. The van der Waals surface area contributed by atoms with Crippen molar-refractivity contribution in [3.63, 3.8) is 0 Å². The largest absolute Gasteiger partial charge is 0.352 e. The summed E-state index contributed by atoms with van der Waals surface area (Å²) in [4.78, 5) is 11.2. The predicted molar refractivity (Wildman–Crippen MR) is 61.9 cm³/mol. The molecule has 0 heterocycles. The predicted octanol–water partition coefficient (Wildman–Crippen LogP) is 2.56. The zero-order chi connectivity index (χ0) is 10.8. The highest BCUT2D eigenvalue weighted by molar-refractivity contribution is 6.27. The molecule has 15 heavy (non-hydrogen) atoms. The van der Waals surface area contributed by atoms with Crippen molar-refractivity contribution < 1.29 is 4.79 Å². The van der Waals surface area contributed by atoms with Crippen molar-refractivity contribution in [2.75, 3.05) is 5.88 Å². The van der Waals surface area contributed by atoms with E-state index in [-0.39, 0.29) is 11.8 Å². The molecule has 3 heteroatoms. The number of hydrogen-bond acceptors (Lipinski definition) is 1. The van der Waals surface area contributed by atoms with Crippen LogP contribution in [-0.4, -0.2) is 17.8 Å². The third-order valence-corrected chi connectivity index (χ3v) is 4.50. The summed E-state index contributed by atoms with van der Waals surface area (Å²) in [5.41, 5.74) is 0. The van der Waals surface area contributed by atoms with Crippen molar-refractivity contribution in [2.24, 2.45) is 17.8 Å². The molecule has 3 saturated carbocycles. The molecule has 0 aromatic heterocycles. The summed E-state index contributed by atoms with van der Waals surface area (Å²) in [6, 6.07) is 0.310. The van der Waals surface area contributed by atoms with E-state index in [4.69, 9.17) is 11.6 Å². The van der Waals surface area contributed by atoms with Crippen LogP contribution in [0.2, 0.25) is 0 Å². The first-order chi connectivity index (χ1) is 7.20. The molecule has 2 unspecified atom stereocenters. The fraction of sp³-hybridized carbons (Fsp3) is 0.917. The lowest BCUT2D eigenvalue weighted by atomic mass is 9.63. The molecule has 2 atom stereocenters. The van der Waals surface area contributed by atoms with E-state index in [1.54, 1.807) is 0 Å². The van der Waals surface area contributed by atoms with Crippen LogP contribution >= 0.6 is 11.6 Å². The molecule has 2 bridgehead atoms. The normalized spacial score (nSPS) is 36.3. The van der Waals surface area contributed by atoms with E-state index in [0.29, 0.717) is 12.0 Å². The van der Waals surface area contributed by atoms with E-state index in [1.807, 2.05) is 0 Å². The molecule has 1 amide bonds. The first-order valence-corrected chi connectivity index (χ1v) is 6.59. The Morgan fingerprint density at radius 2 is 2.07 bits per heavy atom. The van der Waals surface area contributed by atoms with E-state index in [9.17, 15) is 4.79 Å². The molecule has 0 radical (unpaired) electrons. The van der Waals surface area contributed by atoms with Crippen LogP contribution in [-0.2, 0) is 4.79 Å². The summed E-state index contributed by atoms with van der Waals surface area (Å²) in [5.74, 6) is 2.54. The van der Waals surface area contributed by atoms with Crippen molar-refractivity contribution in [1.29, 1.82) is 0 Å². The number of fused-ring (bicyclic) bond motifs is 3. The van der Waals surface area contributed by atoms with Gasteiger partial charge in [0.1, 0.15) is 5.88 Å². The first kappa shape index (κ1) is 11.3. The Kier molecular flexibility index (Phi) is 3.55. The second-order valence-corrected chi connectivity index (χ2v) is 5.44. The summed E-state index contributed by atoms with van der Waals surface area (Å²) in [6.45, 7) is 2.13. The van der Waals surface area contributed by atoms with Gasteiger partial charge in [0, 0.05) is 6.04 Å². The van der Waals surface area contributed by atoms with Crippen LogP contribution in [0.3, 0.4) is 0 Å². The van der Waals surface area contributed by atoms with E-state index in [2.05, 4.69) is 12.2 Å². The minimum atomic E-state index is -0.0226. The standard InChI is InChI=1S/C12H20ClNO/c1-8(14-12(15)7-13)11-6-9-2-4-10(11)5-3-9/h8-11H,2-7H2,1H3,(H,14,15). The van der Waals surface area contributed by atoms with E-state index in [1.165, 1.54) is 32.1 Å². The van der Waals surface area contributed by atoms with Crippen LogP contribution in [0.1, 0.15) is 39.0 Å². The quantitative estimate of drug-likeness (QED) is 0.741. The summed E-state index contributed by atoms with van der Waals surface area (Å²) in [5, 5.41) is 3.01. The number of amides is 1. The molecular formula is C12H20ClNO. The molecule has 3 aliphatic rings. The van der Waals surface area contributed by atoms with Crippen LogP contribution in [0.5, 0.6) is 0 Å². The van der Waals surface area contributed by atoms with Crippen molar-refractivity contribution in [1.82, 2.24) is 5.32 Å². The van der Waals surface area contributed by atoms with Crippen molar-refractivity contribution >= 4 is 17.5 Å². The van der Waals surface area contributed by atoms with Crippen molar-refractivity contribution in [3.05, 3.63) is 0 Å². The zero-order valence-electron chi connectivity index (χ0n) is 9.34. The first-order valence-electron chi connectivity index (χ1n) is 6.06. The third-order valence-electron chi connectivity index (χ3n) is 4.25. The average molecular weight is 230 g/mol. The van der Waals surface area contributed by atoms with Gasteiger partial charge in [0.2, 0.25) is 5.91 Å². The van der Waals surface area contributed by atoms with Crippen LogP contribution < -0.4 is 5.32 Å². The number of rotatable bonds is 3. The fourth-order valence-electron chi connectivity index (χ4n) is 3.44. The Balaban J connectivity index is 1.90. The number of hydrogen-bond donors (Lipinski definition) is 1. The van der Waals surface area contributed by atoms with E-state index < -0.39 is 0 Å². The Hall–Kier alpha value is -0.240. The van der Waals surface area contributed by atoms with Gasteiger partial charge in [-0.15, -0.1) is 11.6 Å². The second-order valence-electron chi connectivity index (χ2n) is 5.17.